The van der Waals surface area contributed by atoms with Crippen LogP contribution in [0.5, 0.6) is 0 Å². The van der Waals surface area contributed by atoms with Gasteiger partial charge in [0.05, 0.1) is 5.56 Å². The molecule has 0 bridgehead atoms. The van der Waals surface area contributed by atoms with E-state index in [9.17, 15) is 9.18 Å². The summed E-state index contributed by atoms with van der Waals surface area (Å²) in [4.78, 5) is 19.2. The van der Waals surface area contributed by atoms with Crippen LogP contribution in [-0.2, 0) is 4.79 Å². The molecular formula is C8H10FN3O3. The SMILES string of the molecule is NNC(=O)c1ccc(N)cc1F.O=CO. The van der Waals surface area contributed by atoms with Crippen LogP contribution in [0, 0.1) is 5.82 Å². The first-order valence-corrected chi connectivity index (χ1v) is 3.70. The van der Waals surface area contributed by atoms with Crippen LogP contribution >= 0.6 is 0 Å². The maximum atomic E-state index is 12.9. The van der Waals surface area contributed by atoms with E-state index in [-0.39, 0.29) is 17.7 Å². The van der Waals surface area contributed by atoms with Crippen molar-refractivity contribution in [2.45, 2.75) is 0 Å². The van der Waals surface area contributed by atoms with Crippen molar-refractivity contribution < 1.29 is 19.1 Å². The zero-order valence-electron chi connectivity index (χ0n) is 7.61. The minimum atomic E-state index is -0.682. The molecule has 82 valence electrons. The highest BCUT2D eigenvalue weighted by molar-refractivity contribution is 5.94. The first-order valence-electron chi connectivity index (χ1n) is 3.70. The Morgan fingerprint density at radius 3 is 2.47 bits per heavy atom. The van der Waals surface area contributed by atoms with Gasteiger partial charge in [-0.15, -0.1) is 0 Å². The van der Waals surface area contributed by atoms with E-state index in [1.807, 2.05) is 5.43 Å². The zero-order chi connectivity index (χ0) is 11.8. The molecule has 15 heavy (non-hydrogen) atoms. The number of carboxylic acid groups (broad SMARTS) is 1. The fourth-order valence-corrected chi connectivity index (χ4v) is 0.793. The lowest BCUT2D eigenvalue weighted by Gasteiger charge is -2.01. The number of halogens is 1. The third-order valence-corrected chi connectivity index (χ3v) is 1.37. The van der Waals surface area contributed by atoms with E-state index in [1.54, 1.807) is 0 Å². The number of hydrazine groups is 1. The smallest absolute Gasteiger partial charge is 0.290 e. The monoisotopic (exact) mass is 215 g/mol. The maximum absolute atomic E-state index is 12.9. The third kappa shape index (κ3) is 4.05. The average molecular weight is 215 g/mol. The molecule has 6 N–H and O–H groups in total. The fraction of sp³-hybridized carbons (Fsp3) is 0. The number of nitrogens with one attached hydrogen (secondary N) is 1. The summed E-state index contributed by atoms with van der Waals surface area (Å²) in [5.41, 5.74) is 7.23. The Kier molecular flexibility index (Phi) is 5.42. The number of benzene rings is 1. The molecule has 7 heteroatoms. The number of hydrogen-bond acceptors (Lipinski definition) is 4. The highest BCUT2D eigenvalue weighted by Crippen LogP contribution is 2.10. The van der Waals surface area contributed by atoms with Gasteiger partial charge in [0, 0.05) is 5.69 Å². The molecule has 0 aromatic heterocycles. The molecule has 0 saturated carbocycles. The van der Waals surface area contributed by atoms with Gasteiger partial charge in [-0.25, -0.2) is 10.2 Å². The van der Waals surface area contributed by atoms with Crippen molar-refractivity contribution in [1.29, 1.82) is 0 Å². The molecule has 0 heterocycles. The number of amides is 1. The van der Waals surface area contributed by atoms with Crippen LogP contribution < -0.4 is 17.0 Å². The van der Waals surface area contributed by atoms with Gasteiger partial charge in [0.1, 0.15) is 5.82 Å². The normalized spacial score (nSPS) is 8.40. The minimum absolute atomic E-state index is 0.119. The summed E-state index contributed by atoms with van der Waals surface area (Å²) in [7, 11) is 0. The van der Waals surface area contributed by atoms with E-state index in [1.165, 1.54) is 12.1 Å². The fourth-order valence-electron chi connectivity index (χ4n) is 0.793. The number of rotatable bonds is 1. The Morgan fingerprint density at radius 2 is 2.07 bits per heavy atom. The van der Waals surface area contributed by atoms with Crippen LogP contribution in [0.15, 0.2) is 18.2 Å². The van der Waals surface area contributed by atoms with Crippen molar-refractivity contribution >= 4 is 18.1 Å². The highest BCUT2D eigenvalue weighted by Gasteiger charge is 2.09. The molecule has 1 aromatic carbocycles. The largest absolute Gasteiger partial charge is 0.483 e. The second kappa shape index (κ2) is 6.33. The van der Waals surface area contributed by atoms with Crippen LogP contribution in [0.3, 0.4) is 0 Å². The number of nitrogen functional groups attached to an aromatic ring is 2. The van der Waals surface area contributed by atoms with Crippen molar-refractivity contribution in [3.05, 3.63) is 29.6 Å². The number of anilines is 1. The highest BCUT2D eigenvalue weighted by atomic mass is 19.1. The summed E-state index contributed by atoms with van der Waals surface area (Å²) in [6, 6.07) is 3.76. The van der Waals surface area contributed by atoms with E-state index in [0.717, 1.165) is 6.07 Å². The van der Waals surface area contributed by atoms with E-state index < -0.39 is 11.7 Å². The quantitative estimate of drug-likeness (QED) is 0.169. The molecule has 0 unspecified atom stereocenters. The topological polar surface area (TPSA) is 118 Å². The first-order chi connectivity index (χ1) is 7.06. The van der Waals surface area contributed by atoms with Crippen molar-refractivity contribution in [3.63, 3.8) is 0 Å². The van der Waals surface area contributed by atoms with E-state index >= 15 is 0 Å². The number of nitrogens with two attached hydrogens (primary N) is 2. The Balaban J connectivity index is 0.000000583. The van der Waals surface area contributed by atoms with Gasteiger partial charge in [-0.3, -0.25) is 15.0 Å². The molecule has 0 spiro atoms. The molecule has 0 aliphatic carbocycles. The molecule has 1 amide bonds. The van der Waals surface area contributed by atoms with Gasteiger partial charge < -0.3 is 10.8 Å². The molecule has 1 aromatic rings. The molecule has 1 rings (SSSR count). The molecule has 0 aliphatic rings. The zero-order valence-corrected chi connectivity index (χ0v) is 7.61. The predicted octanol–water partition coefficient (Wildman–Crippen LogP) is -0.288. The van der Waals surface area contributed by atoms with Crippen molar-refractivity contribution in [1.82, 2.24) is 5.43 Å². The van der Waals surface area contributed by atoms with Crippen LogP contribution in [0.2, 0.25) is 0 Å². The second-order valence-corrected chi connectivity index (χ2v) is 2.32. The molecule has 0 fully saturated rings. The molecule has 0 aliphatic heterocycles. The van der Waals surface area contributed by atoms with Gasteiger partial charge >= 0.3 is 0 Å². The van der Waals surface area contributed by atoms with Crippen LogP contribution in [0.25, 0.3) is 0 Å². The molecule has 0 atom stereocenters. The predicted molar refractivity (Wildman–Crippen MR) is 51.2 cm³/mol. The van der Waals surface area contributed by atoms with Crippen molar-refractivity contribution in [3.8, 4) is 0 Å². The molecule has 0 radical (unpaired) electrons. The Morgan fingerprint density at radius 1 is 1.53 bits per heavy atom. The Bertz CT molecular complexity index is 357. The van der Waals surface area contributed by atoms with Gasteiger partial charge in [0.2, 0.25) is 0 Å². The summed E-state index contributed by atoms with van der Waals surface area (Å²) < 4.78 is 12.9. The van der Waals surface area contributed by atoms with Crippen molar-refractivity contribution in [2.75, 3.05) is 5.73 Å². The number of carbonyl (C=O) groups is 2. The van der Waals surface area contributed by atoms with Crippen molar-refractivity contribution in [2.24, 2.45) is 5.84 Å². The van der Waals surface area contributed by atoms with Gasteiger partial charge in [-0.05, 0) is 18.2 Å². The van der Waals surface area contributed by atoms with E-state index in [2.05, 4.69) is 0 Å². The molecule has 6 nitrogen and oxygen atoms in total. The summed E-state index contributed by atoms with van der Waals surface area (Å²) in [5.74, 6) is 3.46. The standard InChI is InChI=1S/C7H8FN3O.CH2O2/c8-6-3-4(9)1-2-5(6)7(12)11-10;2-1-3/h1-3H,9-10H2,(H,11,12);1H,(H,2,3). The lowest BCUT2D eigenvalue weighted by Crippen LogP contribution is -2.30. The van der Waals surface area contributed by atoms with Crippen LogP contribution in [0.4, 0.5) is 10.1 Å². The maximum Gasteiger partial charge on any atom is 0.290 e. The average Bonchev–Trinajstić information content (AvgIpc) is 2.18. The van der Waals surface area contributed by atoms with Crippen LogP contribution in [-0.4, -0.2) is 17.5 Å². The lowest BCUT2D eigenvalue weighted by atomic mass is 10.2. The Labute approximate surface area is 84.6 Å². The minimum Gasteiger partial charge on any atom is -0.483 e. The number of hydrogen-bond donors (Lipinski definition) is 4. The first kappa shape index (κ1) is 12.8. The summed E-state index contributed by atoms with van der Waals surface area (Å²) in [6.45, 7) is -0.250. The summed E-state index contributed by atoms with van der Waals surface area (Å²) in [5, 5.41) is 6.89. The van der Waals surface area contributed by atoms with Gasteiger partial charge in [0.25, 0.3) is 12.4 Å². The molecule has 0 saturated heterocycles. The lowest BCUT2D eigenvalue weighted by molar-refractivity contribution is -0.122. The van der Waals surface area contributed by atoms with Gasteiger partial charge in [-0.2, -0.15) is 0 Å². The van der Waals surface area contributed by atoms with Gasteiger partial charge in [0.15, 0.2) is 0 Å². The Hall–Kier alpha value is -2.15. The summed E-state index contributed by atoms with van der Waals surface area (Å²) in [6.07, 6.45) is 0. The second-order valence-electron chi connectivity index (χ2n) is 2.32. The molecular weight excluding hydrogens is 205 g/mol. The van der Waals surface area contributed by atoms with Gasteiger partial charge in [-0.1, -0.05) is 0 Å². The van der Waals surface area contributed by atoms with E-state index in [0.29, 0.717) is 0 Å². The van der Waals surface area contributed by atoms with E-state index in [4.69, 9.17) is 21.5 Å². The third-order valence-electron chi connectivity index (χ3n) is 1.37. The van der Waals surface area contributed by atoms with Crippen LogP contribution in [0.1, 0.15) is 10.4 Å². The number of carbonyl (C=O) groups excluding carboxylic acids is 1. The summed E-state index contributed by atoms with van der Waals surface area (Å²) >= 11 is 0.